The van der Waals surface area contributed by atoms with Gasteiger partial charge in [-0.2, -0.15) is 0 Å². The average molecular weight is 298 g/mol. The minimum atomic E-state index is -0.0247. The summed E-state index contributed by atoms with van der Waals surface area (Å²) in [4.78, 5) is 26.4. The van der Waals surface area contributed by atoms with E-state index in [0.717, 1.165) is 24.9 Å². The predicted octanol–water partition coefficient (Wildman–Crippen LogP) is 1.48. The topological polar surface area (TPSA) is 68.2 Å². The van der Waals surface area contributed by atoms with Crippen LogP contribution in [0, 0.1) is 0 Å². The molecule has 6 heteroatoms. The fraction of sp³-hybridized carbons (Fsp3) is 0.375. The maximum absolute atomic E-state index is 12.4. The summed E-state index contributed by atoms with van der Waals surface area (Å²) in [6.07, 6.45) is 10.5. The van der Waals surface area contributed by atoms with Crippen LogP contribution in [0.15, 0.2) is 43.1 Å². The van der Waals surface area contributed by atoms with Crippen LogP contribution >= 0.6 is 0 Å². The Morgan fingerprint density at radius 1 is 1.27 bits per heavy atom. The first-order chi connectivity index (χ1) is 10.8. The van der Waals surface area contributed by atoms with Gasteiger partial charge in [0.25, 0.3) is 0 Å². The standard InChI is InChI=1S/C16H18N4O2/c21-16(9-13-3-1-5-17-10-13)20-8-2-4-14(12-20)22-15-11-18-6-7-19-15/h1,3,5-7,10-11,14H,2,4,8-9,12H2/t14-/m0/s1. The van der Waals surface area contributed by atoms with Crippen LogP contribution in [0.5, 0.6) is 5.88 Å². The number of carbonyl (C=O) groups excluding carboxylic acids is 1. The van der Waals surface area contributed by atoms with Crippen molar-refractivity contribution < 1.29 is 9.53 Å². The van der Waals surface area contributed by atoms with Gasteiger partial charge < -0.3 is 9.64 Å². The molecule has 22 heavy (non-hydrogen) atoms. The summed E-state index contributed by atoms with van der Waals surface area (Å²) in [6, 6.07) is 3.77. The molecule has 1 aliphatic heterocycles. The predicted molar refractivity (Wildman–Crippen MR) is 80.2 cm³/mol. The van der Waals surface area contributed by atoms with Crippen LogP contribution < -0.4 is 4.74 Å². The zero-order valence-corrected chi connectivity index (χ0v) is 12.3. The number of pyridine rings is 1. The van der Waals surface area contributed by atoms with Crippen molar-refractivity contribution in [2.75, 3.05) is 13.1 Å². The Bertz CT molecular complexity index is 606. The molecule has 1 atom stereocenters. The third kappa shape index (κ3) is 3.78. The smallest absolute Gasteiger partial charge is 0.232 e. The van der Waals surface area contributed by atoms with Crippen LogP contribution in [0.2, 0.25) is 0 Å². The Morgan fingerprint density at radius 3 is 2.95 bits per heavy atom. The number of hydrogen-bond donors (Lipinski definition) is 0. The lowest BCUT2D eigenvalue weighted by atomic mass is 10.1. The van der Waals surface area contributed by atoms with E-state index in [-0.39, 0.29) is 12.0 Å². The van der Waals surface area contributed by atoms with Crippen molar-refractivity contribution in [3.8, 4) is 5.88 Å². The summed E-state index contributed by atoms with van der Waals surface area (Å²) < 4.78 is 5.81. The van der Waals surface area contributed by atoms with Crippen LogP contribution in [0.25, 0.3) is 0 Å². The summed E-state index contributed by atoms with van der Waals surface area (Å²) in [5.74, 6) is 0.620. The second kappa shape index (κ2) is 6.98. The summed E-state index contributed by atoms with van der Waals surface area (Å²) in [7, 11) is 0. The second-order valence-corrected chi connectivity index (χ2v) is 5.30. The number of piperidine rings is 1. The average Bonchev–Trinajstić information content (AvgIpc) is 2.57. The molecule has 1 aliphatic rings. The maximum atomic E-state index is 12.4. The highest BCUT2D eigenvalue weighted by molar-refractivity contribution is 5.78. The van der Waals surface area contributed by atoms with E-state index in [2.05, 4.69) is 15.0 Å². The largest absolute Gasteiger partial charge is 0.471 e. The lowest BCUT2D eigenvalue weighted by molar-refractivity contribution is -0.133. The first kappa shape index (κ1) is 14.4. The first-order valence-electron chi connectivity index (χ1n) is 7.40. The van der Waals surface area contributed by atoms with Crippen molar-refractivity contribution >= 4 is 5.91 Å². The van der Waals surface area contributed by atoms with Crippen LogP contribution in [0.3, 0.4) is 0 Å². The van der Waals surface area contributed by atoms with E-state index in [9.17, 15) is 4.79 Å². The van der Waals surface area contributed by atoms with E-state index in [0.29, 0.717) is 18.8 Å². The number of hydrogen-bond acceptors (Lipinski definition) is 5. The molecular weight excluding hydrogens is 280 g/mol. The number of likely N-dealkylation sites (tertiary alicyclic amines) is 1. The third-order valence-corrected chi connectivity index (χ3v) is 3.64. The number of ether oxygens (including phenoxy) is 1. The number of carbonyl (C=O) groups is 1. The van der Waals surface area contributed by atoms with Crippen LogP contribution in [0.4, 0.5) is 0 Å². The summed E-state index contributed by atoms with van der Waals surface area (Å²) >= 11 is 0. The SMILES string of the molecule is O=C(Cc1cccnc1)N1CCC[C@H](Oc2cnccn2)C1. The highest BCUT2D eigenvalue weighted by atomic mass is 16.5. The van der Waals surface area contributed by atoms with Crippen molar-refractivity contribution in [2.45, 2.75) is 25.4 Å². The molecule has 1 fully saturated rings. The van der Waals surface area contributed by atoms with Gasteiger partial charge in [-0.15, -0.1) is 0 Å². The van der Waals surface area contributed by atoms with Crippen LogP contribution in [0.1, 0.15) is 18.4 Å². The van der Waals surface area contributed by atoms with Crippen molar-refractivity contribution in [2.24, 2.45) is 0 Å². The van der Waals surface area contributed by atoms with E-state index < -0.39 is 0 Å². The Hall–Kier alpha value is -2.50. The van der Waals surface area contributed by atoms with Gasteiger partial charge in [0.15, 0.2) is 0 Å². The van der Waals surface area contributed by atoms with Gasteiger partial charge in [0.2, 0.25) is 11.8 Å². The molecule has 6 nitrogen and oxygen atoms in total. The van der Waals surface area contributed by atoms with Gasteiger partial charge in [0.1, 0.15) is 6.10 Å². The molecule has 114 valence electrons. The minimum Gasteiger partial charge on any atom is -0.471 e. The Morgan fingerprint density at radius 2 is 2.18 bits per heavy atom. The fourth-order valence-corrected chi connectivity index (χ4v) is 2.57. The fourth-order valence-electron chi connectivity index (χ4n) is 2.57. The van der Waals surface area contributed by atoms with E-state index >= 15 is 0 Å². The van der Waals surface area contributed by atoms with E-state index in [1.54, 1.807) is 31.0 Å². The molecule has 3 rings (SSSR count). The molecule has 2 aromatic heterocycles. The van der Waals surface area contributed by atoms with E-state index in [1.165, 1.54) is 0 Å². The number of aromatic nitrogens is 3. The molecule has 1 amide bonds. The third-order valence-electron chi connectivity index (χ3n) is 3.64. The molecule has 0 bridgehead atoms. The molecule has 1 saturated heterocycles. The Labute approximate surface area is 129 Å². The summed E-state index contributed by atoms with van der Waals surface area (Å²) in [6.45, 7) is 1.37. The monoisotopic (exact) mass is 298 g/mol. The molecule has 0 aromatic carbocycles. The molecule has 0 radical (unpaired) electrons. The molecular formula is C16H18N4O2. The highest BCUT2D eigenvalue weighted by Crippen LogP contribution is 2.16. The Balaban J connectivity index is 1.57. The van der Waals surface area contributed by atoms with Crippen molar-refractivity contribution in [3.05, 3.63) is 48.7 Å². The van der Waals surface area contributed by atoms with Crippen LogP contribution in [-0.2, 0) is 11.2 Å². The molecule has 2 aromatic rings. The van der Waals surface area contributed by atoms with Gasteiger partial charge in [-0.1, -0.05) is 6.07 Å². The number of nitrogens with zero attached hydrogens (tertiary/aromatic N) is 4. The zero-order chi connectivity index (χ0) is 15.2. The number of rotatable bonds is 4. The molecule has 3 heterocycles. The molecule has 0 aliphatic carbocycles. The molecule has 0 saturated carbocycles. The van der Waals surface area contributed by atoms with Gasteiger partial charge >= 0.3 is 0 Å². The van der Waals surface area contributed by atoms with Gasteiger partial charge in [0.05, 0.1) is 19.2 Å². The number of amides is 1. The lowest BCUT2D eigenvalue weighted by Crippen LogP contribution is -2.45. The summed E-state index contributed by atoms with van der Waals surface area (Å²) in [5, 5.41) is 0. The Kier molecular flexibility index (Phi) is 4.58. The lowest BCUT2D eigenvalue weighted by Gasteiger charge is -2.32. The van der Waals surface area contributed by atoms with E-state index in [1.807, 2.05) is 17.0 Å². The molecule has 0 N–H and O–H groups in total. The van der Waals surface area contributed by atoms with Gasteiger partial charge in [-0.05, 0) is 24.5 Å². The van der Waals surface area contributed by atoms with Crippen molar-refractivity contribution in [3.63, 3.8) is 0 Å². The molecule has 0 unspecified atom stereocenters. The van der Waals surface area contributed by atoms with Gasteiger partial charge in [0, 0.05) is 31.3 Å². The van der Waals surface area contributed by atoms with Crippen molar-refractivity contribution in [1.82, 2.24) is 19.9 Å². The summed E-state index contributed by atoms with van der Waals surface area (Å²) in [5.41, 5.74) is 0.935. The quantitative estimate of drug-likeness (QED) is 0.855. The zero-order valence-electron chi connectivity index (χ0n) is 12.3. The minimum absolute atomic E-state index is 0.0247. The van der Waals surface area contributed by atoms with Crippen molar-refractivity contribution in [1.29, 1.82) is 0 Å². The van der Waals surface area contributed by atoms with E-state index in [4.69, 9.17) is 4.74 Å². The second-order valence-electron chi connectivity index (χ2n) is 5.30. The van der Waals surface area contributed by atoms with Gasteiger partial charge in [-0.3, -0.25) is 14.8 Å². The highest BCUT2D eigenvalue weighted by Gasteiger charge is 2.25. The molecule has 0 spiro atoms. The van der Waals surface area contributed by atoms with Gasteiger partial charge in [-0.25, -0.2) is 4.98 Å². The van der Waals surface area contributed by atoms with Crippen LogP contribution in [-0.4, -0.2) is 45.0 Å². The first-order valence-corrected chi connectivity index (χ1v) is 7.40. The maximum Gasteiger partial charge on any atom is 0.232 e. The normalized spacial score (nSPS) is 18.0.